The number of hydrogen-bond donors (Lipinski definition) is 1. The minimum absolute atomic E-state index is 0.222. The number of aromatic nitrogens is 2. The molecule has 0 aliphatic rings. The number of thioether (sulfide) groups is 1. The quantitative estimate of drug-likeness (QED) is 0.587. The highest BCUT2D eigenvalue weighted by atomic mass is 32.2. The summed E-state index contributed by atoms with van der Waals surface area (Å²) in [7, 11) is 0. The fourth-order valence-corrected chi connectivity index (χ4v) is 1.26. The second-order valence-electron chi connectivity index (χ2n) is 2.39. The van der Waals surface area contributed by atoms with E-state index in [1.54, 1.807) is 6.07 Å². The van der Waals surface area contributed by atoms with Crippen molar-refractivity contribution in [2.75, 3.05) is 6.26 Å². The van der Waals surface area contributed by atoms with E-state index >= 15 is 0 Å². The third kappa shape index (κ3) is 2.20. The number of hydrogen-bond acceptors (Lipinski definition) is 5. The molecule has 0 aliphatic heterocycles. The first kappa shape index (κ1) is 10.5. The predicted octanol–water partition coefficient (Wildman–Crippen LogP) is 0.890. The van der Waals surface area contributed by atoms with Gasteiger partial charge in [0.05, 0.1) is 16.8 Å². The second-order valence-corrected chi connectivity index (χ2v) is 3.21. The van der Waals surface area contributed by atoms with Gasteiger partial charge in [-0.25, -0.2) is 9.97 Å². The molecule has 0 bridgehead atoms. The first-order chi connectivity index (χ1) is 6.69. The van der Waals surface area contributed by atoms with E-state index in [1.165, 1.54) is 24.2 Å². The Kier molecular flexibility index (Phi) is 3.42. The van der Waals surface area contributed by atoms with Crippen molar-refractivity contribution in [3.8, 4) is 6.07 Å². The van der Waals surface area contributed by atoms with Gasteiger partial charge in [0.25, 0.3) is 0 Å². The fraction of sp³-hybridized carbons (Fsp3) is 0.250. The maximum atomic E-state index is 10.6. The molecule has 1 aromatic rings. The number of carboxylic acid groups (broad SMARTS) is 1. The average molecular weight is 209 g/mol. The van der Waals surface area contributed by atoms with Crippen LogP contribution in [0.2, 0.25) is 0 Å². The Bertz CT molecular complexity index is 388. The second kappa shape index (κ2) is 4.58. The summed E-state index contributed by atoms with van der Waals surface area (Å²) in [4.78, 5) is 18.3. The van der Waals surface area contributed by atoms with Gasteiger partial charge in [0.15, 0.2) is 5.92 Å². The molecule has 0 saturated heterocycles. The first-order valence-electron chi connectivity index (χ1n) is 3.67. The lowest BCUT2D eigenvalue weighted by molar-refractivity contribution is -0.137. The Hall–Kier alpha value is -1.61. The molecule has 1 N–H and O–H groups in total. The van der Waals surface area contributed by atoms with Gasteiger partial charge < -0.3 is 5.11 Å². The summed E-state index contributed by atoms with van der Waals surface area (Å²) in [5.41, 5.74) is 0.222. The Morgan fingerprint density at radius 1 is 1.71 bits per heavy atom. The minimum Gasteiger partial charge on any atom is -0.480 e. The summed E-state index contributed by atoms with van der Waals surface area (Å²) in [6.45, 7) is 0. The van der Waals surface area contributed by atoms with E-state index < -0.39 is 11.9 Å². The number of rotatable bonds is 3. The molecule has 0 radical (unpaired) electrons. The molecule has 1 unspecified atom stereocenters. The molecule has 5 nitrogen and oxygen atoms in total. The van der Waals surface area contributed by atoms with Crippen molar-refractivity contribution < 1.29 is 9.90 Å². The van der Waals surface area contributed by atoms with E-state index in [1.807, 2.05) is 6.26 Å². The van der Waals surface area contributed by atoms with Crippen molar-refractivity contribution in [2.45, 2.75) is 10.9 Å². The highest BCUT2D eigenvalue weighted by Crippen LogP contribution is 2.17. The highest BCUT2D eigenvalue weighted by molar-refractivity contribution is 7.98. The minimum atomic E-state index is -1.22. The molecule has 1 heterocycles. The lowest BCUT2D eigenvalue weighted by Crippen LogP contribution is -2.11. The Morgan fingerprint density at radius 2 is 2.43 bits per heavy atom. The number of carboxylic acids is 1. The topological polar surface area (TPSA) is 86.9 Å². The molecule has 0 aliphatic carbocycles. The molecule has 0 saturated carbocycles. The van der Waals surface area contributed by atoms with Crippen LogP contribution in [-0.4, -0.2) is 27.3 Å². The molecule has 0 aromatic carbocycles. The summed E-state index contributed by atoms with van der Waals surface area (Å²) >= 11 is 1.37. The molecule has 1 atom stereocenters. The molecular weight excluding hydrogens is 202 g/mol. The third-order valence-electron chi connectivity index (χ3n) is 1.54. The normalized spacial score (nSPS) is 11.7. The summed E-state index contributed by atoms with van der Waals surface area (Å²) in [5, 5.41) is 18.0. The lowest BCUT2D eigenvalue weighted by Gasteiger charge is -2.03. The van der Waals surface area contributed by atoms with Crippen molar-refractivity contribution in [3.63, 3.8) is 0 Å². The van der Waals surface area contributed by atoms with E-state index in [0.717, 1.165) is 0 Å². The van der Waals surface area contributed by atoms with Gasteiger partial charge in [0.1, 0.15) is 6.33 Å². The molecule has 1 aromatic heterocycles. The maximum Gasteiger partial charge on any atom is 0.327 e. The van der Waals surface area contributed by atoms with Crippen LogP contribution in [-0.2, 0) is 4.79 Å². The zero-order valence-corrected chi connectivity index (χ0v) is 8.15. The standard InChI is InChI=1S/C8H7N3O2S/c1-14-7-2-6(10-4-11-7)5(3-9)8(12)13/h2,4-5H,1H3,(H,12,13). The van der Waals surface area contributed by atoms with Crippen LogP contribution in [0.4, 0.5) is 0 Å². The van der Waals surface area contributed by atoms with Crippen LogP contribution in [0.25, 0.3) is 0 Å². The van der Waals surface area contributed by atoms with Gasteiger partial charge in [-0.1, -0.05) is 0 Å². The van der Waals surface area contributed by atoms with Crippen LogP contribution in [0.3, 0.4) is 0 Å². The van der Waals surface area contributed by atoms with Crippen LogP contribution in [0.5, 0.6) is 0 Å². The Labute approximate surface area is 84.8 Å². The fourth-order valence-electron chi connectivity index (χ4n) is 0.871. The zero-order valence-electron chi connectivity index (χ0n) is 7.34. The van der Waals surface area contributed by atoms with Gasteiger partial charge in [-0.05, 0) is 12.3 Å². The number of nitriles is 1. The zero-order chi connectivity index (χ0) is 10.6. The third-order valence-corrected chi connectivity index (χ3v) is 2.19. The number of aliphatic carboxylic acids is 1. The lowest BCUT2D eigenvalue weighted by atomic mass is 10.1. The first-order valence-corrected chi connectivity index (χ1v) is 4.90. The van der Waals surface area contributed by atoms with E-state index in [0.29, 0.717) is 5.03 Å². The van der Waals surface area contributed by atoms with Gasteiger partial charge >= 0.3 is 5.97 Å². The van der Waals surface area contributed by atoms with Crippen LogP contribution < -0.4 is 0 Å². The molecule has 14 heavy (non-hydrogen) atoms. The van der Waals surface area contributed by atoms with Crippen LogP contribution >= 0.6 is 11.8 Å². The molecule has 6 heteroatoms. The summed E-state index contributed by atoms with van der Waals surface area (Å²) in [5.74, 6) is -2.41. The van der Waals surface area contributed by atoms with E-state index in [2.05, 4.69) is 9.97 Å². The monoisotopic (exact) mass is 209 g/mol. The Balaban J connectivity index is 3.06. The molecule has 0 spiro atoms. The van der Waals surface area contributed by atoms with Crippen LogP contribution in [0.15, 0.2) is 17.4 Å². The Morgan fingerprint density at radius 3 is 2.93 bits per heavy atom. The van der Waals surface area contributed by atoms with Crippen molar-refractivity contribution in [1.29, 1.82) is 5.26 Å². The van der Waals surface area contributed by atoms with Gasteiger partial charge in [-0.2, -0.15) is 5.26 Å². The average Bonchev–Trinajstić information content (AvgIpc) is 2.19. The van der Waals surface area contributed by atoms with Gasteiger partial charge in [0, 0.05) is 0 Å². The summed E-state index contributed by atoms with van der Waals surface area (Å²) in [6.07, 6.45) is 3.07. The highest BCUT2D eigenvalue weighted by Gasteiger charge is 2.20. The smallest absolute Gasteiger partial charge is 0.327 e. The van der Waals surface area contributed by atoms with Crippen molar-refractivity contribution in [1.82, 2.24) is 9.97 Å². The molecular formula is C8H7N3O2S. The van der Waals surface area contributed by atoms with Crippen molar-refractivity contribution >= 4 is 17.7 Å². The van der Waals surface area contributed by atoms with Gasteiger partial charge in [-0.15, -0.1) is 11.8 Å². The number of nitrogens with zero attached hydrogens (tertiary/aromatic N) is 3. The predicted molar refractivity (Wildman–Crippen MR) is 49.8 cm³/mol. The SMILES string of the molecule is CSc1cc(C(C#N)C(=O)O)ncn1. The van der Waals surface area contributed by atoms with Gasteiger partial charge in [-0.3, -0.25) is 4.79 Å². The molecule has 72 valence electrons. The number of carbonyl (C=O) groups is 1. The molecule has 0 fully saturated rings. The van der Waals surface area contributed by atoms with E-state index in [-0.39, 0.29) is 5.69 Å². The molecule has 1 rings (SSSR count). The van der Waals surface area contributed by atoms with E-state index in [9.17, 15) is 4.79 Å². The van der Waals surface area contributed by atoms with Crippen LogP contribution in [0.1, 0.15) is 11.6 Å². The van der Waals surface area contributed by atoms with Gasteiger partial charge in [0.2, 0.25) is 0 Å². The summed E-state index contributed by atoms with van der Waals surface area (Å²) in [6, 6.07) is 3.18. The molecule has 0 amide bonds. The summed E-state index contributed by atoms with van der Waals surface area (Å²) < 4.78 is 0. The maximum absolute atomic E-state index is 10.6. The van der Waals surface area contributed by atoms with E-state index in [4.69, 9.17) is 10.4 Å². The van der Waals surface area contributed by atoms with Crippen LogP contribution in [0, 0.1) is 11.3 Å². The largest absolute Gasteiger partial charge is 0.480 e. The van der Waals surface area contributed by atoms with Crippen molar-refractivity contribution in [3.05, 3.63) is 18.1 Å². The van der Waals surface area contributed by atoms with Crippen molar-refractivity contribution in [2.24, 2.45) is 0 Å².